The average molecular weight is 402 g/mol. The first-order chi connectivity index (χ1) is 14.7. The highest BCUT2D eigenvalue weighted by molar-refractivity contribution is 5.85. The quantitative estimate of drug-likeness (QED) is 0.541. The molecule has 1 aromatic carbocycles. The van der Waals surface area contributed by atoms with Crippen LogP contribution in [0, 0.1) is 5.82 Å². The predicted molar refractivity (Wildman–Crippen MR) is 116 cm³/mol. The molecule has 4 heterocycles. The summed E-state index contributed by atoms with van der Waals surface area (Å²) in [5.74, 6) is 1.14. The van der Waals surface area contributed by atoms with Crippen LogP contribution in [-0.2, 0) is 17.6 Å². The van der Waals surface area contributed by atoms with Crippen molar-refractivity contribution >= 4 is 27.8 Å². The van der Waals surface area contributed by atoms with Gasteiger partial charge < -0.3 is 14.6 Å². The van der Waals surface area contributed by atoms with E-state index in [1.165, 1.54) is 17.3 Å². The van der Waals surface area contributed by atoms with Crippen molar-refractivity contribution in [2.24, 2.45) is 0 Å². The number of ether oxygens (including phenoxy) is 1. The van der Waals surface area contributed by atoms with Gasteiger partial charge in [-0.1, -0.05) is 0 Å². The minimum atomic E-state index is -0.183. The Bertz CT molecular complexity index is 1240. The van der Waals surface area contributed by atoms with Gasteiger partial charge in [-0.2, -0.15) is 0 Å². The largest absolute Gasteiger partial charge is 0.378 e. The maximum Gasteiger partial charge on any atom is 0.129 e. The number of halogens is 1. The van der Waals surface area contributed by atoms with Crippen molar-refractivity contribution in [3.63, 3.8) is 0 Å². The second-order valence-electron chi connectivity index (χ2n) is 8.25. The second kappa shape index (κ2) is 7.06. The zero-order valence-corrected chi connectivity index (χ0v) is 16.7. The smallest absolute Gasteiger partial charge is 0.129 e. The number of hydrogen-bond donors (Lipinski definition) is 1. The summed E-state index contributed by atoms with van der Waals surface area (Å²) < 4.78 is 19.2. The number of aryl methyl sites for hydroxylation is 1. The van der Waals surface area contributed by atoms with Crippen molar-refractivity contribution in [2.45, 2.75) is 25.2 Å². The molecular formula is C24H23FN4O. The molecule has 0 amide bonds. The van der Waals surface area contributed by atoms with Gasteiger partial charge in [0, 0.05) is 41.3 Å². The van der Waals surface area contributed by atoms with E-state index in [2.05, 4.69) is 34.1 Å². The van der Waals surface area contributed by atoms with Gasteiger partial charge in [0.25, 0.3) is 0 Å². The number of H-pyrrole nitrogens is 1. The molecule has 4 aromatic rings. The number of hydrogen-bond acceptors (Lipinski definition) is 4. The van der Waals surface area contributed by atoms with Crippen molar-refractivity contribution in [1.29, 1.82) is 0 Å². The van der Waals surface area contributed by atoms with Crippen LogP contribution >= 0.6 is 0 Å². The molecule has 1 atom stereocenters. The van der Waals surface area contributed by atoms with Crippen LogP contribution in [0.3, 0.4) is 0 Å². The molecule has 5 nitrogen and oxygen atoms in total. The summed E-state index contributed by atoms with van der Waals surface area (Å²) in [6.07, 6.45) is 2.89. The maximum absolute atomic E-state index is 13.8. The molecule has 0 saturated carbocycles. The molecule has 0 radical (unpaired) electrons. The van der Waals surface area contributed by atoms with Crippen LogP contribution < -0.4 is 4.90 Å². The van der Waals surface area contributed by atoms with Crippen molar-refractivity contribution in [3.8, 4) is 0 Å². The highest BCUT2D eigenvalue weighted by atomic mass is 19.1. The Morgan fingerprint density at radius 2 is 1.83 bits per heavy atom. The van der Waals surface area contributed by atoms with E-state index >= 15 is 0 Å². The SMILES string of the molecule is Fc1ccc2[nH]c3c(c2c1)CC(c1ccc2nc(N4CCOCC4)ccc2n1)CC3. The minimum absolute atomic E-state index is 0.183. The van der Waals surface area contributed by atoms with Gasteiger partial charge in [0.2, 0.25) is 0 Å². The lowest BCUT2D eigenvalue weighted by atomic mass is 9.84. The lowest BCUT2D eigenvalue weighted by molar-refractivity contribution is 0.122. The van der Waals surface area contributed by atoms with Gasteiger partial charge in [-0.3, -0.25) is 4.98 Å². The number of benzene rings is 1. The molecule has 3 aromatic heterocycles. The lowest BCUT2D eigenvalue weighted by Crippen LogP contribution is -2.36. The number of pyridine rings is 2. The number of anilines is 1. The summed E-state index contributed by atoms with van der Waals surface area (Å²) >= 11 is 0. The molecule has 0 spiro atoms. The molecule has 6 rings (SSSR count). The first-order valence-electron chi connectivity index (χ1n) is 10.6. The van der Waals surface area contributed by atoms with Crippen molar-refractivity contribution in [3.05, 3.63) is 65.2 Å². The van der Waals surface area contributed by atoms with Crippen LogP contribution in [-0.4, -0.2) is 41.3 Å². The number of morpholine rings is 1. The van der Waals surface area contributed by atoms with Crippen LogP contribution in [0.2, 0.25) is 0 Å². The topological polar surface area (TPSA) is 54.0 Å². The Morgan fingerprint density at radius 1 is 1.00 bits per heavy atom. The van der Waals surface area contributed by atoms with Gasteiger partial charge in [0.05, 0.1) is 24.2 Å². The molecule has 1 unspecified atom stereocenters. The van der Waals surface area contributed by atoms with E-state index in [-0.39, 0.29) is 5.82 Å². The van der Waals surface area contributed by atoms with Gasteiger partial charge in [-0.15, -0.1) is 0 Å². The third-order valence-electron chi connectivity index (χ3n) is 6.45. The third kappa shape index (κ3) is 3.03. The molecule has 1 aliphatic carbocycles. The van der Waals surface area contributed by atoms with E-state index < -0.39 is 0 Å². The summed E-state index contributed by atoms with van der Waals surface area (Å²) in [6, 6.07) is 13.3. The predicted octanol–water partition coefficient (Wildman–Crippen LogP) is 4.36. The Morgan fingerprint density at radius 3 is 2.73 bits per heavy atom. The molecule has 1 saturated heterocycles. The molecule has 152 valence electrons. The maximum atomic E-state index is 13.8. The number of aromatic amines is 1. The van der Waals surface area contributed by atoms with Crippen molar-refractivity contribution < 1.29 is 9.13 Å². The van der Waals surface area contributed by atoms with E-state index in [4.69, 9.17) is 14.7 Å². The summed E-state index contributed by atoms with van der Waals surface area (Å²) in [4.78, 5) is 15.5. The first-order valence-corrected chi connectivity index (χ1v) is 10.6. The van der Waals surface area contributed by atoms with Crippen molar-refractivity contribution in [1.82, 2.24) is 15.0 Å². The van der Waals surface area contributed by atoms with E-state index in [1.54, 1.807) is 6.07 Å². The molecule has 1 fully saturated rings. The Labute approximate surface area is 173 Å². The lowest BCUT2D eigenvalue weighted by Gasteiger charge is -2.28. The highest BCUT2D eigenvalue weighted by Crippen LogP contribution is 2.36. The molecule has 1 aliphatic heterocycles. The first kappa shape index (κ1) is 17.8. The normalized spacial score (nSPS) is 19.4. The van der Waals surface area contributed by atoms with Crippen LogP contribution in [0.15, 0.2) is 42.5 Å². The molecule has 30 heavy (non-hydrogen) atoms. The van der Waals surface area contributed by atoms with E-state index in [0.717, 1.165) is 79.0 Å². The van der Waals surface area contributed by atoms with Crippen LogP contribution in [0.1, 0.15) is 29.3 Å². The van der Waals surface area contributed by atoms with Crippen LogP contribution in [0.5, 0.6) is 0 Å². The molecule has 6 heteroatoms. The van der Waals surface area contributed by atoms with Gasteiger partial charge >= 0.3 is 0 Å². The van der Waals surface area contributed by atoms with Crippen LogP contribution in [0.25, 0.3) is 21.9 Å². The zero-order chi connectivity index (χ0) is 20.1. The number of nitrogens with one attached hydrogen (secondary N) is 1. The van der Waals surface area contributed by atoms with Gasteiger partial charge in [-0.05, 0) is 67.3 Å². The van der Waals surface area contributed by atoms with Gasteiger partial charge in [-0.25, -0.2) is 9.37 Å². The minimum Gasteiger partial charge on any atom is -0.378 e. The highest BCUT2D eigenvalue weighted by Gasteiger charge is 2.25. The summed E-state index contributed by atoms with van der Waals surface area (Å²) in [6.45, 7) is 3.25. The molecule has 1 N–H and O–H groups in total. The van der Waals surface area contributed by atoms with E-state index in [0.29, 0.717) is 5.92 Å². The van der Waals surface area contributed by atoms with E-state index in [1.807, 2.05) is 6.07 Å². The number of nitrogens with zero attached hydrogens (tertiary/aromatic N) is 3. The third-order valence-corrected chi connectivity index (χ3v) is 6.45. The fraction of sp³-hybridized carbons (Fsp3) is 0.333. The van der Waals surface area contributed by atoms with E-state index in [9.17, 15) is 4.39 Å². The Balaban J connectivity index is 1.31. The molecule has 0 bridgehead atoms. The monoisotopic (exact) mass is 402 g/mol. The molecule has 2 aliphatic rings. The van der Waals surface area contributed by atoms with Gasteiger partial charge in [0.15, 0.2) is 0 Å². The van der Waals surface area contributed by atoms with Crippen molar-refractivity contribution in [2.75, 3.05) is 31.2 Å². The standard InChI is InChI=1S/C24H23FN4O/c25-16-2-4-21-18(14-16)17-13-15(1-3-20(17)27-21)19-5-6-23-22(26-19)7-8-24(28-23)29-9-11-30-12-10-29/h2,4-8,14-15,27H,1,3,9-13H2. The van der Waals surface area contributed by atoms with Crippen LogP contribution in [0.4, 0.5) is 10.2 Å². The Kier molecular flexibility index (Phi) is 4.20. The molecular weight excluding hydrogens is 379 g/mol. The average Bonchev–Trinajstić information content (AvgIpc) is 3.16. The number of aromatic nitrogens is 3. The fourth-order valence-corrected chi connectivity index (χ4v) is 4.85. The summed E-state index contributed by atoms with van der Waals surface area (Å²) in [7, 11) is 0. The zero-order valence-electron chi connectivity index (χ0n) is 16.7. The summed E-state index contributed by atoms with van der Waals surface area (Å²) in [5, 5.41) is 1.01. The second-order valence-corrected chi connectivity index (χ2v) is 8.25. The summed E-state index contributed by atoms with van der Waals surface area (Å²) in [5.41, 5.74) is 6.45. The van der Waals surface area contributed by atoms with Gasteiger partial charge in [0.1, 0.15) is 11.6 Å². The Hall–Kier alpha value is -2.99. The fourth-order valence-electron chi connectivity index (χ4n) is 4.85. The number of fused-ring (bicyclic) bond motifs is 4. The number of rotatable bonds is 2.